The van der Waals surface area contributed by atoms with Crippen LogP contribution in [0.25, 0.3) is 0 Å². The average Bonchev–Trinajstić information content (AvgIpc) is 2.57. The molecule has 0 atom stereocenters. The molecule has 0 saturated heterocycles. The number of hydrogen-bond donors (Lipinski definition) is 1. The number of rotatable bonds is 6. The van der Waals surface area contributed by atoms with Gasteiger partial charge in [-0.05, 0) is 37.6 Å². The molecule has 0 aliphatic rings. The maximum absolute atomic E-state index is 12.3. The molecule has 1 N–H and O–H groups in total. The van der Waals surface area contributed by atoms with Gasteiger partial charge in [0.05, 0.1) is 12.8 Å². The number of nitrogens with zero attached hydrogens (tertiary/aromatic N) is 1. The molecule has 2 aromatic carbocycles. The molecule has 0 radical (unpaired) electrons. The highest BCUT2D eigenvalue weighted by molar-refractivity contribution is 5.96. The zero-order chi connectivity index (χ0) is 18.4. The number of anilines is 2. The lowest BCUT2D eigenvalue weighted by molar-refractivity contribution is -0.117. The summed E-state index contributed by atoms with van der Waals surface area (Å²) in [4.78, 5) is 25.9. The first-order valence-electron chi connectivity index (χ1n) is 8.20. The van der Waals surface area contributed by atoms with E-state index in [4.69, 9.17) is 4.74 Å². The minimum Gasteiger partial charge on any atom is -0.495 e. The fraction of sp³-hybridized carbons (Fsp3) is 0.300. The fourth-order valence-electron chi connectivity index (χ4n) is 2.68. The SMILES string of the molecule is COc1ccccc1N(CCC(=O)Nc1ccc(C)cc1C)C(C)=O. The summed E-state index contributed by atoms with van der Waals surface area (Å²) in [5.41, 5.74) is 3.62. The maximum atomic E-state index is 12.3. The normalized spacial score (nSPS) is 10.2. The van der Waals surface area contributed by atoms with Crippen LogP contribution in [0.2, 0.25) is 0 Å². The summed E-state index contributed by atoms with van der Waals surface area (Å²) in [6.45, 7) is 5.73. The molecular formula is C20H24N2O3. The molecule has 0 saturated carbocycles. The van der Waals surface area contributed by atoms with Gasteiger partial charge < -0.3 is 15.0 Å². The lowest BCUT2D eigenvalue weighted by atomic mass is 10.1. The van der Waals surface area contributed by atoms with Crippen LogP contribution in [0.15, 0.2) is 42.5 Å². The van der Waals surface area contributed by atoms with E-state index < -0.39 is 0 Å². The van der Waals surface area contributed by atoms with Crippen LogP contribution in [-0.4, -0.2) is 25.5 Å². The highest BCUT2D eigenvalue weighted by Crippen LogP contribution is 2.28. The summed E-state index contributed by atoms with van der Waals surface area (Å²) < 4.78 is 5.31. The molecular weight excluding hydrogens is 316 g/mol. The number of nitrogens with one attached hydrogen (secondary N) is 1. The van der Waals surface area contributed by atoms with E-state index in [-0.39, 0.29) is 24.8 Å². The van der Waals surface area contributed by atoms with Crippen LogP contribution in [-0.2, 0) is 9.59 Å². The van der Waals surface area contributed by atoms with E-state index in [0.717, 1.165) is 16.8 Å². The van der Waals surface area contributed by atoms with Gasteiger partial charge in [0.2, 0.25) is 11.8 Å². The number of ether oxygens (including phenoxy) is 1. The average molecular weight is 340 g/mol. The maximum Gasteiger partial charge on any atom is 0.226 e. The lowest BCUT2D eigenvalue weighted by Crippen LogP contribution is -2.32. The van der Waals surface area contributed by atoms with Gasteiger partial charge in [0.25, 0.3) is 0 Å². The van der Waals surface area contributed by atoms with Gasteiger partial charge in [0.1, 0.15) is 5.75 Å². The number of benzene rings is 2. The third-order valence-electron chi connectivity index (χ3n) is 3.97. The van der Waals surface area contributed by atoms with Crippen molar-refractivity contribution in [2.75, 3.05) is 23.9 Å². The van der Waals surface area contributed by atoms with Crippen molar-refractivity contribution in [2.45, 2.75) is 27.2 Å². The Balaban J connectivity index is 2.06. The summed E-state index contributed by atoms with van der Waals surface area (Å²) >= 11 is 0. The van der Waals surface area contributed by atoms with E-state index in [1.165, 1.54) is 6.92 Å². The Kier molecular flexibility index (Phi) is 6.17. The van der Waals surface area contributed by atoms with Crippen LogP contribution in [0.5, 0.6) is 5.75 Å². The summed E-state index contributed by atoms with van der Waals surface area (Å²) in [5, 5.41) is 2.90. The second-order valence-corrected chi connectivity index (χ2v) is 5.96. The molecule has 5 nitrogen and oxygen atoms in total. The van der Waals surface area contributed by atoms with Crippen molar-refractivity contribution in [2.24, 2.45) is 0 Å². The van der Waals surface area contributed by atoms with Gasteiger partial charge in [0, 0.05) is 25.6 Å². The molecule has 0 aromatic heterocycles. The summed E-state index contributed by atoms with van der Waals surface area (Å²) in [6.07, 6.45) is 0.199. The van der Waals surface area contributed by atoms with Crippen LogP contribution in [0.4, 0.5) is 11.4 Å². The molecule has 0 aliphatic heterocycles. The molecule has 25 heavy (non-hydrogen) atoms. The van der Waals surface area contributed by atoms with E-state index in [9.17, 15) is 9.59 Å². The summed E-state index contributed by atoms with van der Waals surface area (Å²) in [5.74, 6) is 0.337. The van der Waals surface area contributed by atoms with E-state index in [2.05, 4.69) is 5.32 Å². The molecule has 2 amide bonds. The third kappa shape index (κ3) is 4.83. The Morgan fingerprint density at radius 3 is 2.48 bits per heavy atom. The summed E-state index contributed by atoms with van der Waals surface area (Å²) in [6, 6.07) is 13.2. The van der Waals surface area contributed by atoms with Crippen molar-refractivity contribution in [3.8, 4) is 5.75 Å². The Bertz CT molecular complexity index is 771. The number of para-hydroxylation sites is 2. The number of carbonyl (C=O) groups is 2. The topological polar surface area (TPSA) is 58.6 Å². The zero-order valence-corrected chi connectivity index (χ0v) is 15.1. The minimum atomic E-state index is -0.135. The first-order chi connectivity index (χ1) is 11.9. The second kappa shape index (κ2) is 8.33. The van der Waals surface area contributed by atoms with Crippen molar-refractivity contribution in [1.29, 1.82) is 0 Å². The molecule has 0 heterocycles. The van der Waals surface area contributed by atoms with E-state index in [1.807, 2.05) is 50.2 Å². The highest BCUT2D eigenvalue weighted by Gasteiger charge is 2.17. The number of carbonyl (C=O) groups excluding carboxylic acids is 2. The Labute approximate surface area is 148 Å². The predicted molar refractivity (Wildman–Crippen MR) is 100 cm³/mol. The van der Waals surface area contributed by atoms with Crippen molar-refractivity contribution in [1.82, 2.24) is 0 Å². The summed E-state index contributed by atoms with van der Waals surface area (Å²) in [7, 11) is 1.56. The number of hydrogen-bond acceptors (Lipinski definition) is 3. The Hall–Kier alpha value is -2.82. The quantitative estimate of drug-likeness (QED) is 0.872. The number of amides is 2. The number of aryl methyl sites for hydroxylation is 2. The zero-order valence-electron chi connectivity index (χ0n) is 15.1. The van der Waals surface area contributed by atoms with Gasteiger partial charge in [-0.25, -0.2) is 0 Å². The predicted octanol–water partition coefficient (Wildman–Crippen LogP) is 3.69. The largest absolute Gasteiger partial charge is 0.495 e. The van der Waals surface area contributed by atoms with Crippen molar-refractivity contribution in [3.05, 3.63) is 53.6 Å². The molecule has 132 valence electrons. The molecule has 0 spiro atoms. The monoisotopic (exact) mass is 340 g/mol. The smallest absolute Gasteiger partial charge is 0.226 e. The third-order valence-corrected chi connectivity index (χ3v) is 3.97. The van der Waals surface area contributed by atoms with Gasteiger partial charge in [-0.3, -0.25) is 9.59 Å². The second-order valence-electron chi connectivity index (χ2n) is 5.96. The van der Waals surface area contributed by atoms with E-state index in [1.54, 1.807) is 18.1 Å². The Morgan fingerprint density at radius 2 is 1.84 bits per heavy atom. The van der Waals surface area contributed by atoms with Crippen LogP contribution >= 0.6 is 0 Å². The fourth-order valence-corrected chi connectivity index (χ4v) is 2.68. The van der Waals surface area contributed by atoms with Gasteiger partial charge in [-0.15, -0.1) is 0 Å². The van der Waals surface area contributed by atoms with Crippen molar-refractivity contribution in [3.63, 3.8) is 0 Å². The van der Waals surface area contributed by atoms with Gasteiger partial charge in [-0.2, -0.15) is 0 Å². The van der Waals surface area contributed by atoms with Gasteiger partial charge >= 0.3 is 0 Å². The van der Waals surface area contributed by atoms with Crippen LogP contribution in [0.3, 0.4) is 0 Å². The van der Waals surface area contributed by atoms with Gasteiger partial charge in [0.15, 0.2) is 0 Å². The van der Waals surface area contributed by atoms with Crippen molar-refractivity contribution >= 4 is 23.2 Å². The van der Waals surface area contributed by atoms with Gasteiger partial charge in [-0.1, -0.05) is 29.8 Å². The molecule has 0 aliphatic carbocycles. The molecule has 2 aromatic rings. The number of methoxy groups -OCH3 is 1. The van der Waals surface area contributed by atoms with Crippen LogP contribution in [0, 0.1) is 13.8 Å². The highest BCUT2D eigenvalue weighted by atomic mass is 16.5. The molecule has 5 heteroatoms. The van der Waals surface area contributed by atoms with Crippen LogP contribution < -0.4 is 15.0 Å². The molecule has 0 fully saturated rings. The molecule has 0 unspecified atom stereocenters. The van der Waals surface area contributed by atoms with E-state index in [0.29, 0.717) is 11.4 Å². The van der Waals surface area contributed by atoms with Crippen LogP contribution in [0.1, 0.15) is 24.5 Å². The van der Waals surface area contributed by atoms with Crippen molar-refractivity contribution < 1.29 is 14.3 Å². The first-order valence-corrected chi connectivity index (χ1v) is 8.20. The van der Waals surface area contributed by atoms with E-state index >= 15 is 0 Å². The lowest BCUT2D eigenvalue weighted by Gasteiger charge is -2.23. The first kappa shape index (κ1) is 18.5. The standard InChI is InChI=1S/C20H24N2O3/c1-14-9-10-17(15(2)13-14)21-20(24)11-12-22(16(3)23)18-7-5-6-8-19(18)25-4/h5-10,13H,11-12H2,1-4H3,(H,21,24). The molecule has 2 rings (SSSR count). The Morgan fingerprint density at radius 1 is 1.12 bits per heavy atom. The molecule has 0 bridgehead atoms. The minimum absolute atomic E-state index is 0.131.